The molecule has 15 heavy (non-hydrogen) atoms. The minimum absolute atomic E-state index is 0.176. The fraction of sp³-hybridized carbons (Fsp3) is 0.400. The second-order valence-electron chi connectivity index (χ2n) is 3.00. The summed E-state index contributed by atoms with van der Waals surface area (Å²) in [4.78, 5) is 15.1. The smallest absolute Gasteiger partial charge is 0.270 e. The topological polar surface area (TPSA) is 42.0 Å². The number of alkyl halides is 2. The van der Waals surface area contributed by atoms with Crippen molar-refractivity contribution in [3.63, 3.8) is 0 Å². The van der Waals surface area contributed by atoms with Gasteiger partial charge in [-0.15, -0.1) is 0 Å². The molecule has 1 rings (SSSR count). The number of hydrogen-bond donors (Lipinski definition) is 1. The lowest BCUT2D eigenvalue weighted by Crippen LogP contribution is -2.29. The van der Waals surface area contributed by atoms with E-state index in [1.165, 1.54) is 6.20 Å². The summed E-state index contributed by atoms with van der Waals surface area (Å²) in [6.07, 6.45) is -0.267. The Balaban J connectivity index is 2.65. The summed E-state index contributed by atoms with van der Waals surface area (Å²) in [6, 6.07) is 3.38. The maximum atomic E-state index is 11.8. The molecule has 3 nitrogen and oxygen atoms in total. The maximum absolute atomic E-state index is 11.8. The van der Waals surface area contributed by atoms with Crippen molar-refractivity contribution in [2.75, 3.05) is 6.54 Å². The van der Waals surface area contributed by atoms with Crippen molar-refractivity contribution in [1.82, 2.24) is 10.3 Å². The first-order valence-electron chi connectivity index (χ1n) is 4.64. The molecule has 0 aliphatic rings. The molecule has 0 atom stereocenters. The zero-order valence-corrected chi connectivity index (χ0v) is 8.34. The number of nitrogens with zero attached hydrogens (tertiary/aromatic N) is 1. The number of carbonyl (C=O) groups excluding carboxylic acids is 1. The molecule has 0 spiro atoms. The van der Waals surface area contributed by atoms with Gasteiger partial charge >= 0.3 is 0 Å². The summed E-state index contributed by atoms with van der Waals surface area (Å²) < 4.78 is 23.6. The van der Waals surface area contributed by atoms with Gasteiger partial charge in [0, 0.05) is 6.20 Å². The lowest BCUT2D eigenvalue weighted by Gasteiger charge is -2.04. The Morgan fingerprint density at radius 3 is 2.93 bits per heavy atom. The number of aromatic nitrogens is 1. The van der Waals surface area contributed by atoms with Crippen LogP contribution in [0.25, 0.3) is 0 Å². The lowest BCUT2D eigenvalue weighted by molar-refractivity contribution is 0.0887. The first kappa shape index (κ1) is 11.6. The number of aryl methyl sites for hydroxylation is 1. The van der Waals surface area contributed by atoms with Gasteiger partial charge in [0.15, 0.2) is 0 Å². The minimum atomic E-state index is -2.54. The second kappa shape index (κ2) is 5.38. The maximum Gasteiger partial charge on any atom is 0.270 e. The molecule has 0 saturated carbocycles. The Bertz CT molecular complexity index is 342. The van der Waals surface area contributed by atoms with Crippen LogP contribution in [0, 0.1) is 0 Å². The van der Waals surface area contributed by atoms with Crippen LogP contribution in [0.2, 0.25) is 0 Å². The van der Waals surface area contributed by atoms with Crippen LogP contribution in [0.3, 0.4) is 0 Å². The van der Waals surface area contributed by atoms with Crippen molar-refractivity contribution in [2.45, 2.75) is 19.8 Å². The van der Waals surface area contributed by atoms with Crippen LogP contribution < -0.4 is 5.32 Å². The van der Waals surface area contributed by atoms with Crippen LogP contribution in [0.4, 0.5) is 8.78 Å². The minimum Gasteiger partial charge on any atom is -0.345 e. The third kappa shape index (κ3) is 3.61. The summed E-state index contributed by atoms with van der Waals surface area (Å²) in [5, 5.41) is 2.10. The van der Waals surface area contributed by atoms with Crippen LogP contribution in [-0.2, 0) is 6.42 Å². The third-order valence-electron chi connectivity index (χ3n) is 1.88. The molecule has 5 heteroatoms. The molecule has 0 bridgehead atoms. The highest BCUT2D eigenvalue weighted by atomic mass is 19.3. The molecule has 1 N–H and O–H groups in total. The number of nitrogens with one attached hydrogen (secondary N) is 1. The standard InChI is InChI=1S/C10H12F2N2O/c1-2-7-3-4-13-8(5-7)10(15)14-6-9(11)12/h3-5,9H,2,6H2,1H3,(H,14,15). The number of carbonyl (C=O) groups is 1. The molecule has 0 aromatic carbocycles. The first-order chi connectivity index (χ1) is 7.13. The van der Waals surface area contributed by atoms with E-state index in [9.17, 15) is 13.6 Å². The highest BCUT2D eigenvalue weighted by molar-refractivity contribution is 5.92. The van der Waals surface area contributed by atoms with Crippen LogP contribution in [0.5, 0.6) is 0 Å². The molecule has 1 aromatic rings. The van der Waals surface area contributed by atoms with Crippen LogP contribution >= 0.6 is 0 Å². The number of rotatable bonds is 4. The number of pyridine rings is 1. The van der Waals surface area contributed by atoms with Gasteiger partial charge in [-0.3, -0.25) is 9.78 Å². The largest absolute Gasteiger partial charge is 0.345 e. The summed E-state index contributed by atoms with van der Waals surface area (Å²) in [7, 11) is 0. The van der Waals surface area contributed by atoms with Gasteiger partial charge in [-0.25, -0.2) is 8.78 Å². The van der Waals surface area contributed by atoms with Gasteiger partial charge in [0.2, 0.25) is 0 Å². The molecule has 1 heterocycles. The molecule has 0 fully saturated rings. The quantitative estimate of drug-likeness (QED) is 0.827. The molecule has 0 unspecified atom stereocenters. The molecule has 0 radical (unpaired) electrons. The highest BCUT2D eigenvalue weighted by Gasteiger charge is 2.09. The lowest BCUT2D eigenvalue weighted by atomic mass is 10.2. The molecule has 0 saturated heterocycles. The highest BCUT2D eigenvalue weighted by Crippen LogP contribution is 2.02. The van der Waals surface area contributed by atoms with E-state index in [1.54, 1.807) is 12.1 Å². The van der Waals surface area contributed by atoms with Crippen molar-refractivity contribution < 1.29 is 13.6 Å². The van der Waals surface area contributed by atoms with E-state index < -0.39 is 18.9 Å². The van der Waals surface area contributed by atoms with Gasteiger partial charge in [-0.1, -0.05) is 6.92 Å². The average Bonchev–Trinajstić information content (AvgIpc) is 2.26. The Hall–Kier alpha value is -1.52. The molecular weight excluding hydrogens is 202 g/mol. The average molecular weight is 214 g/mol. The fourth-order valence-electron chi connectivity index (χ4n) is 1.08. The Labute approximate surface area is 86.5 Å². The van der Waals surface area contributed by atoms with Crippen LogP contribution in [-0.4, -0.2) is 23.9 Å². The summed E-state index contributed by atoms with van der Waals surface area (Å²) in [5.41, 5.74) is 1.13. The van der Waals surface area contributed by atoms with E-state index in [1.807, 2.05) is 6.92 Å². The predicted octanol–water partition coefficient (Wildman–Crippen LogP) is 1.64. The van der Waals surface area contributed by atoms with Gasteiger partial charge in [-0.2, -0.15) is 0 Å². The number of amides is 1. The zero-order valence-electron chi connectivity index (χ0n) is 8.34. The van der Waals surface area contributed by atoms with Crippen molar-refractivity contribution in [3.8, 4) is 0 Å². The first-order valence-corrected chi connectivity index (χ1v) is 4.64. The number of hydrogen-bond acceptors (Lipinski definition) is 2. The van der Waals surface area contributed by atoms with E-state index in [4.69, 9.17) is 0 Å². The van der Waals surface area contributed by atoms with Crippen molar-refractivity contribution in [1.29, 1.82) is 0 Å². The van der Waals surface area contributed by atoms with E-state index in [2.05, 4.69) is 10.3 Å². The van der Waals surface area contributed by atoms with Gasteiger partial charge in [0.1, 0.15) is 5.69 Å². The summed E-state index contributed by atoms with van der Waals surface area (Å²) >= 11 is 0. The Kier molecular flexibility index (Phi) is 4.15. The summed E-state index contributed by atoms with van der Waals surface area (Å²) in [5.74, 6) is -0.564. The van der Waals surface area contributed by atoms with E-state index in [0.717, 1.165) is 12.0 Å². The van der Waals surface area contributed by atoms with E-state index in [0.29, 0.717) is 0 Å². The van der Waals surface area contributed by atoms with E-state index in [-0.39, 0.29) is 5.69 Å². The van der Waals surface area contributed by atoms with Gasteiger partial charge in [0.25, 0.3) is 12.3 Å². The van der Waals surface area contributed by atoms with Gasteiger partial charge in [0.05, 0.1) is 6.54 Å². The molecule has 1 amide bonds. The van der Waals surface area contributed by atoms with Gasteiger partial charge in [-0.05, 0) is 24.1 Å². The molecular formula is C10H12F2N2O. The van der Waals surface area contributed by atoms with Crippen molar-refractivity contribution in [3.05, 3.63) is 29.6 Å². The van der Waals surface area contributed by atoms with Gasteiger partial charge < -0.3 is 5.32 Å². The second-order valence-corrected chi connectivity index (χ2v) is 3.00. The summed E-state index contributed by atoms with van der Waals surface area (Å²) in [6.45, 7) is 1.30. The molecule has 0 aliphatic carbocycles. The van der Waals surface area contributed by atoms with Crippen LogP contribution in [0.15, 0.2) is 18.3 Å². The Morgan fingerprint density at radius 1 is 1.60 bits per heavy atom. The molecule has 1 aromatic heterocycles. The van der Waals surface area contributed by atoms with E-state index >= 15 is 0 Å². The monoisotopic (exact) mass is 214 g/mol. The predicted molar refractivity (Wildman–Crippen MR) is 52.0 cm³/mol. The van der Waals surface area contributed by atoms with Crippen LogP contribution in [0.1, 0.15) is 23.0 Å². The molecule has 0 aliphatic heterocycles. The Morgan fingerprint density at radius 2 is 2.33 bits per heavy atom. The SMILES string of the molecule is CCc1ccnc(C(=O)NCC(F)F)c1. The number of halogens is 2. The van der Waals surface area contributed by atoms with Crippen molar-refractivity contribution >= 4 is 5.91 Å². The zero-order chi connectivity index (χ0) is 11.3. The fourth-order valence-corrected chi connectivity index (χ4v) is 1.08. The normalized spacial score (nSPS) is 10.4. The van der Waals surface area contributed by atoms with Crippen molar-refractivity contribution in [2.24, 2.45) is 0 Å². The molecule has 82 valence electrons. The third-order valence-corrected chi connectivity index (χ3v) is 1.88.